The number of hydrogen-bond donors (Lipinski definition) is 2. The topological polar surface area (TPSA) is 127 Å². The summed E-state index contributed by atoms with van der Waals surface area (Å²) < 4.78 is 15.6. The number of carbonyl (C=O) groups excluding carboxylic acids is 2. The molecule has 0 saturated heterocycles. The minimum atomic E-state index is -4.59. The molecule has 1 aromatic carbocycles. The fraction of sp³-hybridized carbons (Fsp3) is 0.273. The maximum Gasteiger partial charge on any atom is 0.411 e. The molecule has 1 aromatic rings. The molecule has 0 spiro atoms. The fourth-order valence-corrected chi connectivity index (χ4v) is 2.02. The van der Waals surface area contributed by atoms with Gasteiger partial charge in [-0.15, -0.1) is 0 Å². The van der Waals surface area contributed by atoms with Crippen LogP contribution in [0.2, 0.25) is 0 Å². The van der Waals surface area contributed by atoms with E-state index in [0.717, 1.165) is 0 Å². The molecule has 0 saturated carbocycles. The molecule has 0 heterocycles. The minimum absolute atomic E-state index is 0.135. The van der Waals surface area contributed by atoms with Crippen molar-refractivity contribution in [1.29, 1.82) is 0 Å². The summed E-state index contributed by atoms with van der Waals surface area (Å²) in [6, 6.07) is 8.57. The Kier molecular flexibility index (Phi) is 5.69. The zero-order chi connectivity index (χ0) is 15.2. The Morgan fingerprint density at radius 1 is 1.25 bits per heavy atom. The fourth-order valence-electron chi connectivity index (χ4n) is 1.36. The second kappa shape index (κ2) is 7.04. The molecule has 0 bridgehead atoms. The van der Waals surface area contributed by atoms with Gasteiger partial charge in [-0.25, -0.2) is 4.79 Å². The van der Waals surface area contributed by atoms with E-state index >= 15 is 0 Å². The summed E-state index contributed by atoms with van der Waals surface area (Å²) in [5.74, 6) is -1.64. The van der Waals surface area contributed by atoms with E-state index in [4.69, 9.17) is 14.5 Å². The lowest BCUT2D eigenvalue weighted by molar-refractivity contribution is -0.305. The lowest BCUT2D eigenvalue weighted by Gasteiger charge is -2.22. The van der Waals surface area contributed by atoms with Crippen LogP contribution >= 0.6 is 7.60 Å². The van der Waals surface area contributed by atoms with E-state index in [0.29, 0.717) is 10.5 Å². The highest BCUT2D eigenvalue weighted by atomic mass is 31.2. The van der Waals surface area contributed by atoms with Crippen LogP contribution in [0, 0.1) is 0 Å². The molecule has 0 atom stereocenters. The molecule has 110 valence electrons. The first-order chi connectivity index (χ1) is 9.28. The van der Waals surface area contributed by atoms with Crippen LogP contribution in [-0.2, 0) is 20.7 Å². The van der Waals surface area contributed by atoms with Crippen molar-refractivity contribution >= 4 is 19.7 Å². The molecule has 1 amide bonds. The van der Waals surface area contributed by atoms with Gasteiger partial charge >= 0.3 is 13.7 Å². The zero-order valence-corrected chi connectivity index (χ0v) is 11.2. The van der Waals surface area contributed by atoms with Crippen molar-refractivity contribution in [3.8, 4) is 0 Å². The van der Waals surface area contributed by atoms with E-state index < -0.39 is 32.5 Å². The van der Waals surface area contributed by atoms with Crippen LogP contribution in [0.3, 0.4) is 0 Å². The number of carbonyl (C=O) groups is 2. The van der Waals surface area contributed by atoms with Crippen LogP contribution < -0.4 is 5.11 Å². The third-order valence-corrected chi connectivity index (χ3v) is 2.85. The van der Waals surface area contributed by atoms with Crippen molar-refractivity contribution in [2.75, 3.05) is 12.8 Å². The van der Waals surface area contributed by atoms with Crippen LogP contribution in [0.5, 0.6) is 0 Å². The summed E-state index contributed by atoms with van der Waals surface area (Å²) in [5.41, 5.74) is 0.658. The summed E-state index contributed by atoms with van der Waals surface area (Å²) in [4.78, 5) is 40.0. The quantitative estimate of drug-likeness (QED) is 0.679. The van der Waals surface area contributed by atoms with Gasteiger partial charge in [-0.3, -0.25) is 9.46 Å². The number of rotatable bonds is 6. The molecule has 9 heteroatoms. The summed E-state index contributed by atoms with van der Waals surface area (Å²) in [7, 11) is -4.59. The molecule has 1 rings (SSSR count). The largest absolute Gasteiger partial charge is 0.548 e. The molecule has 0 fully saturated rings. The summed E-state index contributed by atoms with van der Waals surface area (Å²) in [5, 5.41) is 10.5. The highest BCUT2D eigenvalue weighted by Crippen LogP contribution is 2.35. The van der Waals surface area contributed by atoms with Gasteiger partial charge in [-0.2, -0.15) is 0 Å². The van der Waals surface area contributed by atoms with Crippen LogP contribution in [0.25, 0.3) is 0 Å². The van der Waals surface area contributed by atoms with E-state index in [1.165, 1.54) is 0 Å². The van der Waals surface area contributed by atoms with Crippen molar-refractivity contribution in [3.05, 3.63) is 35.9 Å². The van der Waals surface area contributed by atoms with E-state index in [9.17, 15) is 19.3 Å². The predicted molar refractivity (Wildman–Crippen MR) is 65.3 cm³/mol. The number of ether oxygens (including phenoxy) is 1. The Bertz CT molecular complexity index is 513. The van der Waals surface area contributed by atoms with Crippen LogP contribution in [0.15, 0.2) is 30.3 Å². The standard InChI is InChI=1S/C11H14NO7P/c13-10(14)6-12(8-20(16,17)18)11(15)19-7-9-4-2-1-3-5-9/h1-5H,6-8H2,(H,13,14)(H2,16,17,18)/p-1. The number of nitrogens with zero attached hydrogens (tertiary/aromatic N) is 1. The minimum Gasteiger partial charge on any atom is -0.548 e. The first-order valence-corrected chi connectivity index (χ1v) is 7.28. The molecule has 0 radical (unpaired) electrons. The maximum absolute atomic E-state index is 11.6. The van der Waals surface area contributed by atoms with Gasteiger partial charge in [0, 0.05) is 0 Å². The number of carboxylic acids is 1. The van der Waals surface area contributed by atoms with Gasteiger partial charge in [0.2, 0.25) is 0 Å². The van der Waals surface area contributed by atoms with Gasteiger partial charge in [0.1, 0.15) is 12.9 Å². The predicted octanol–water partition coefficient (Wildman–Crippen LogP) is -0.490. The van der Waals surface area contributed by atoms with E-state index in [1.807, 2.05) is 0 Å². The maximum atomic E-state index is 11.6. The number of amides is 1. The summed E-state index contributed by atoms with van der Waals surface area (Å²) in [6.07, 6.45) is -2.18. The molecule has 8 nitrogen and oxygen atoms in total. The monoisotopic (exact) mass is 302 g/mol. The molecular formula is C11H13NO7P-. The van der Waals surface area contributed by atoms with Gasteiger partial charge in [-0.05, 0) is 5.56 Å². The van der Waals surface area contributed by atoms with E-state index in [1.54, 1.807) is 30.3 Å². The third-order valence-electron chi connectivity index (χ3n) is 2.14. The number of hydrogen-bond acceptors (Lipinski definition) is 5. The highest BCUT2D eigenvalue weighted by Gasteiger charge is 2.24. The molecule has 0 unspecified atom stereocenters. The summed E-state index contributed by atoms with van der Waals surface area (Å²) >= 11 is 0. The molecule has 0 aliphatic carbocycles. The second-order valence-electron chi connectivity index (χ2n) is 3.92. The van der Waals surface area contributed by atoms with Crippen molar-refractivity contribution in [2.45, 2.75) is 6.61 Å². The molecule has 2 N–H and O–H groups in total. The van der Waals surface area contributed by atoms with Crippen LogP contribution in [-0.4, -0.2) is 39.6 Å². The molecule has 0 aromatic heterocycles. The number of benzene rings is 1. The first kappa shape index (κ1) is 16.2. The molecule has 20 heavy (non-hydrogen) atoms. The van der Waals surface area contributed by atoms with Crippen molar-refractivity contribution in [1.82, 2.24) is 4.90 Å². The Labute approximate surface area is 114 Å². The Balaban J connectivity index is 2.63. The number of aliphatic carboxylic acids is 1. The average molecular weight is 302 g/mol. The second-order valence-corrected chi connectivity index (χ2v) is 5.53. The number of carboxylic acid groups (broad SMARTS) is 1. The molecule has 0 aliphatic rings. The lowest BCUT2D eigenvalue weighted by Crippen LogP contribution is -2.42. The smallest absolute Gasteiger partial charge is 0.411 e. The third kappa shape index (κ3) is 6.33. The highest BCUT2D eigenvalue weighted by molar-refractivity contribution is 7.51. The Morgan fingerprint density at radius 2 is 1.85 bits per heavy atom. The summed E-state index contributed by atoms with van der Waals surface area (Å²) in [6.45, 7) is -1.09. The van der Waals surface area contributed by atoms with Crippen molar-refractivity contribution in [3.63, 3.8) is 0 Å². The van der Waals surface area contributed by atoms with Gasteiger partial charge < -0.3 is 24.4 Å². The lowest BCUT2D eigenvalue weighted by atomic mass is 10.2. The van der Waals surface area contributed by atoms with Crippen molar-refractivity contribution in [2.24, 2.45) is 0 Å². The molecular weight excluding hydrogens is 289 g/mol. The van der Waals surface area contributed by atoms with Crippen molar-refractivity contribution < 1.29 is 33.8 Å². The van der Waals surface area contributed by atoms with E-state index in [2.05, 4.69) is 0 Å². The Morgan fingerprint density at radius 3 is 2.35 bits per heavy atom. The molecule has 0 aliphatic heterocycles. The Hall–Kier alpha value is -1.89. The average Bonchev–Trinajstić information content (AvgIpc) is 2.34. The van der Waals surface area contributed by atoms with Gasteiger partial charge in [0.25, 0.3) is 0 Å². The zero-order valence-electron chi connectivity index (χ0n) is 10.3. The SMILES string of the molecule is O=C([O-])CN(CP(=O)(O)O)C(=O)OCc1ccccc1. The van der Waals surface area contributed by atoms with Gasteiger partial charge in [-0.1, -0.05) is 30.3 Å². The van der Waals surface area contributed by atoms with E-state index in [-0.39, 0.29) is 6.61 Å². The van der Waals surface area contributed by atoms with Gasteiger partial charge in [0.15, 0.2) is 0 Å². The van der Waals surface area contributed by atoms with Crippen LogP contribution in [0.1, 0.15) is 5.56 Å². The normalized spacial score (nSPS) is 10.9. The van der Waals surface area contributed by atoms with Crippen LogP contribution in [0.4, 0.5) is 4.79 Å². The first-order valence-electron chi connectivity index (χ1n) is 5.48. The van der Waals surface area contributed by atoms with Gasteiger partial charge in [0.05, 0.1) is 12.5 Å².